The molecule has 1 aromatic heterocycles. The molecule has 0 radical (unpaired) electrons. The highest BCUT2D eigenvalue weighted by atomic mass is 35.5. The molecule has 0 aromatic carbocycles. The largest absolute Gasteiger partial charge is 0.339 e. The fraction of sp³-hybridized carbons (Fsp3) is 0.400. The van der Waals surface area contributed by atoms with Crippen LogP contribution in [0.15, 0.2) is 12.3 Å². The average Bonchev–Trinajstić information content (AvgIpc) is 2.23. The molecule has 1 amide bonds. The van der Waals surface area contributed by atoms with Gasteiger partial charge in [-0.15, -0.1) is 0 Å². The van der Waals surface area contributed by atoms with E-state index in [1.165, 1.54) is 17.2 Å². The van der Waals surface area contributed by atoms with E-state index in [9.17, 15) is 9.18 Å². The maximum atomic E-state index is 13.4. The summed E-state index contributed by atoms with van der Waals surface area (Å²) in [5, 5.41) is -0.270. The summed E-state index contributed by atoms with van der Waals surface area (Å²) < 4.78 is 13.4. The number of hydrogen-bond donors (Lipinski definition) is 0. The van der Waals surface area contributed by atoms with Crippen LogP contribution >= 0.6 is 11.6 Å². The molecule has 1 aromatic rings. The quantitative estimate of drug-likeness (QED) is 0.747. The van der Waals surface area contributed by atoms with E-state index in [0.29, 0.717) is 13.1 Å². The molecule has 3 nitrogen and oxygen atoms in total. The Morgan fingerprint density at radius 1 is 1.53 bits per heavy atom. The molecule has 0 bridgehead atoms. The number of amides is 1. The summed E-state index contributed by atoms with van der Waals surface area (Å²) in [5.74, 6) is -1.11. The lowest BCUT2D eigenvalue weighted by Crippen LogP contribution is -2.31. The van der Waals surface area contributed by atoms with Crippen LogP contribution in [0.2, 0.25) is 5.15 Å². The minimum atomic E-state index is -0.754. The molecular weight excluding hydrogens is 219 g/mol. The Morgan fingerprint density at radius 3 is 2.67 bits per heavy atom. The molecule has 0 aliphatic heterocycles. The smallest absolute Gasteiger partial charge is 0.256 e. The van der Waals surface area contributed by atoms with E-state index in [2.05, 4.69) is 4.98 Å². The van der Waals surface area contributed by atoms with Crippen molar-refractivity contribution in [2.45, 2.75) is 13.8 Å². The second-order valence-electron chi connectivity index (χ2n) is 2.94. The van der Waals surface area contributed by atoms with Crippen LogP contribution in [0.5, 0.6) is 0 Å². The Bertz CT molecular complexity index is 366. The first-order chi connectivity index (χ1) is 7.11. The molecule has 0 saturated carbocycles. The summed E-state index contributed by atoms with van der Waals surface area (Å²) in [6, 6.07) is 1.34. The van der Waals surface area contributed by atoms with Crippen LogP contribution in [-0.2, 0) is 0 Å². The van der Waals surface area contributed by atoms with Gasteiger partial charge < -0.3 is 4.90 Å². The topological polar surface area (TPSA) is 33.2 Å². The molecule has 0 N–H and O–H groups in total. The number of aromatic nitrogens is 1. The molecule has 0 aliphatic carbocycles. The van der Waals surface area contributed by atoms with Gasteiger partial charge in [-0.2, -0.15) is 0 Å². The monoisotopic (exact) mass is 230 g/mol. The molecule has 1 rings (SSSR count). The predicted octanol–water partition coefficient (Wildman–Crippen LogP) is 2.36. The first-order valence-corrected chi connectivity index (χ1v) is 5.08. The zero-order valence-electron chi connectivity index (χ0n) is 8.63. The molecule has 0 aliphatic rings. The van der Waals surface area contributed by atoms with Crippen molar-refractivity contribution >= 4 is 17.5 Å². The van der Waals surface area contributed by atoms with Gasteiger partial charge in [0.25, 0.3) is 5.91 Å². The van der Waals surface area contributed by atoms with Crippen molar-refractivity contribution in [1.29, 1.82) is 0 Å². The van der Waals surface area contributed by atoms with Gasteiger partial charge in [0.1, 0.15) is 0 Å². The third kappa shape index (κ3) is 2.45. The maximum absolute atomic E-state index is 13.4. The molecule has 1 heterocycles. The van der Waals surface area contributed by atoms with Crippen LogP contribution in [0.1, 0.15) is 24.2 Å². The van der Waals surface area contributed by atoms with Gasteiger partial charge in [-0.25, -0.2) is 9.37 Å². The lowest BCUT2D eigenvalue weighted by molar-refractivity contribution is 0.0768. The SMILES string of the molecule is CCN(CC)C(=O)c1ccnc(Cl)c1F. The van der Waals surface area contributed by atoms with Crippen molar-refractivity contribution in [1.82, 2.24) is 9.88 Å². The molecule has 0 spiro atoms. The fourth-order valence-electron chi connectivity index (χ4n) is 1.26. The van der Waals surface area contributed by atoms with Gasteiger partial charge in [0.15, 0.2) is 11.0 Å². The van der Waals surface area contributed by atoms with E-state index in [-0.39, 0.29) is 16.6 Å². The first kappa shape index (κ1) is 11.9. The highest BCUT2D eigenvalue weighted by Gasteiger charge is 2.18. The van der Waals surface area contributed by atoms with Crippen LogP contribution in [-0.4, -0.2) is 28.9 Å². The Hall–Kier alpha value is -1.16. The minimum absolute atomic E-state index is 0.0290. The molecule has 82 valence electrons. The molecule has 0 unspecified atom stereocenters. The Balaban J connectivity index is 3.05. The third-order valence-electron chi connectivity index (χ3n) is 2.13. The number of hydrogen-bond acceptors (Lipinski definition) is 2. The van der Waals surface area contributed by atoms with Gasteiger partial charge in [0.2, 0.25) is 0 Å². The van der Waals surface area contributed by atoms with Gasteiger partial charge in [-0.1, -0.05) is 11.6 Å². The lowest BCUT2D eigenvalue weighted by Gasteiger charge is -2.18. The van der Waals surface area contributed by atoms with Crippen molar-refractivity contribution in [3.63, 3.8) is 0 Å². The second kappa shape index (κ2) is 5.07. The van der Waals surface area contributed by atoms with E-state index in [0.717, 1.165) is 0 Å². The number of carbonyl (C=O) groups excluding carboxylic acids is 1. The van der Waals surface area contributed by atoms with Gasteiger partial charge in [-0.3, -0.25) is 4.79 Å². The van der Waals surface area contributed by atoms with Gasteiger partial charge in [-0.05, 0) is 19.9 Å². The third-order valence-corrected chi connectivity index (χ3v) is 2.39. The van der Waals surface area contributed by atoms with Gasteiger partial charge >= 0.3 is 0 Å². The summed E-state index contributed by atoms with van der Waals surface area (Å²) in [6.45, 7) is 4.74. The molecular formula is C10H12ClFN2O. The molecule has 5 heteroatoms. The van der Waals surface area contributed by atoms with E-state index in [1.54, 1.807) is 0 Å². The van der Waals surface area contributed by atoms with Crippen LogP contribution in [0.3, 0.4) is 0 Å². The molecule has 15 heavy (non-hydrogen) atoms. The van der Waals surface area contributed by atoms with Crippen LogP contribution in [0, 0.1) is 5.82 Å². The van der Waals surface area contributed by atoms with Crippen molar-refractivity contribution in [2.75, 3.05) is 13.1 Å². The highest BCUT2D eigenvalue weighted by molar-refractivity contribution is 6.29. The van der Waals surface area contributed by atoms with Crippen molar-refractivity contribution < 1.29 is 9.18 Å². The normalized spacial score (nSPS) is 10.1. The minimum Gasteiger partial charge on any atom is -0.339 e. The number of rotatable bonds is 3. The maximum Gasteiger partial charge on any atom is 0.256 e. The van der Waals surface area contributed by atoms with E-state index < -0.39 is 5.82 Å². The number of nitrogens with zero attached hydrogens (tertiary/aromatic N) is 2. The standard InChI is InChI=1S/C10H12ClFN2O/c1-3-14(4-2)10(15)7-5-6-13-9(11)8(7)12/h5-6H,3-4H2,1-2H3. The zero-order chi connectivity index (χ0) is 11.4. The highest BCUT2D eigenvalue weighted by Crippen LogP contribution is 2.16. The molecule has 0 saturated heterocycles. The number of pyridine rings is 1. The van der Waals surface area contributed by atoms with Crippen LogP contribution < -0.4 is 0 Å². The fourth-order valence-corrected chi connectivity index (χ4v) is 1.42. The summed E-state index contributed by atoms with van der Waals surface area (Å²) in [4.78, 5) is 16.9. The van der Waals surface area contributed by atoms with Crippen molar-refractivity contribution in [2.24, 2.45) is 0 Å². The first-order valence-electron chi connectivity index (χ1n) is 4.71. The Morgan fingerprint density at radius 2 is 2.13 bits per heavy atom. The van der Waals surface area contributed by atoms with Crippen LogP contribution in [0.25, 0.3) is 0 Å². The van der Waals surface area contributed by atoms with Crippen LogP contribution in [0.4, 0.5) is 4.39 Å². The molecule has 0 atom stereocenters. The summed E-state index contributed by atoms with van der Waals surface area (Å²) in [6.07, 6.45) is 1.32. The zero-order valence-corrected chi connectivity index (χ0v) is 9.38. The Labute approximate surface area is 92.9 Å². The van der Waals surface area contributed by atoms with E-state index in [4.69, 9.17) is 11.6 Å². The number of carbonyl (C=O) groups is 1. The predicted molar refractivity (Wildman–Crippen MR) is 56.5 cm³/mol. The number of halogens is 2. The molecule has 0 fully saturated rings. The van der Waals surface area contributed by atoms with E-state index >= 15 is 0 Å². The summed E-state index contributed by atoms with van der Waals surface area (Å²) in [7, 11) is 0. The lowest BCUT2D eigenvalue weighted by atomic mass is 10.2. The van der Waals surface area contributed by atoms with Gasteiger partial charge in [0, 0.05) is 19.3 Å². The summed E-state index contributed by atoms with van der Waals surface area (Å²) >= 11 is 5.49. The van der Waals surface area contributed by atoms with Crippen molar-refractivity contribution in [3.8, 4) is 0 Å². The van der Waals surface area contributed by atoms with E-state index in [1.807, 2.05) is 13.8 Å². The summed E-state index contributed by atoms with van der Waals surface area (Å²) in [5.41, 5.74) is -0.0290. The van der Waals surface area contributed by atoms with Crippen molar-refractivity contribution in [3.05, 3.63) is 28.8 Å². The Kier molecular flexibility index (Phi) is 4.03. The van der Waals surface area contributed by atoms with Gasteiger partial charge in [0.05, 0.1) is 5.56 Å². The average molecular weight is 231 g/mol. The second-order valence-corrected chi connectivity index (χ2v) is 3.30.